The molecule has 0 bridgehead atoms. The van der Waals surface area contributed by atoms with Crippen molar-refractivity contribution in [3.05, 3.63) is 11.8 Å². The lowest BCUT2D eigenvalue weighted by molar-refractivity contribution is -0.0462. The number of nitrogens with two attached hydrogens (primary N) is 3. The highest BCUT2D eigenvalue weighted by molar-refractivity contribution is 5.28. The van der Waals surface area contributed by atoms with Gasteiger partial charge in [-0.25, -0.2) is 0 Å². The highest BCUT2D eigenvalue weighted by atomic mass is 16.5. The van der Waals surface area contributed by atoms with Crippen LogP contribution < -0.4 is 27.8 Å². The van der Waals surface area contributed by atoms with Crippen LogP contribution in [0.5, 0.6) is 0 Å². The third-order valence-corrected chi connectivity index (χ3v) is 3.21. The number of hydrogen-bond acceptors (Lipinski definition) is 6. The molecule has 6 heteroatoms. The molecular weight excluding hydrogens is 194 g/mol. The summed E-state index contributed by atoms with van der Waals surface area (Å²) in [5.41, 5.74) is 15.7. The van der Waals surface area contributed by atoms with Crippen molar-refractivity contribution >= 4 is 0 Å². The molecule has 1 rings (SSSR count). The van der Waals surface area contributed by atoms with Crippen LogP contribution in [0, 0.1) is 0 Å². The van der Waals surface area contributed by atoms with Crippen molar-refractivity contribution in [2.45, 2.75) is 30.9 Å². The molecule has 0 aliphatic carbocycles. The van der Waals surface area contributed by atoms with E-state index >= 15 is 0 Å². The van der Waals surface area contributed by atoms with Crippen molar-refractivity contribution in [3.63, 3.8) is 0 Å². The van der Waals surface area contributed by atoms with Crippen molar-refractivity contribution < 1.29 is 4.74 Å². The smallest absolute Gasteiger partial charge is 0.157 e. The lowest BCUT2D eigenvalue weighted by Gasteiger charge is -2.51. The fourth-order valence-electron chi connectivity index (χ4n) is 1.64. The third-order valence-electron chi connectivity index (χ3n) is 3.21. The molecule has 0 aromatic heterocycles. The van der Waals surface area contributed by atoms with Crippen molar-refractivity contribution in [1.29, 1.82) is 0 Å². The minimum Gasteiger partial charge on any atom is -0.399 e. The molecule has 15 heavy (non-hydrogen) atoms. The van der Waals surface area contributed by atoms with E-state index in [1.807, 2.05) is 13.8 Å². The average Bonchev–Trinajstić information content (AvgIpc) is 2.14. The van der Waals surface area contributed by atoms with Gasteiger partial charge in [0.05, 0.1) is 5.70 Å². The molecule has 6 nitrogen and oxygen atoms in total. The number of rotatable bonds is 2. The Morgan fingerprint density at radius 1 is 1.40 bits per heavy atom. The first-order valence-corrected chi connectivity index (χ1v) is 4.81. The van der Waals surface area contributed by atoms with E-state index in [4.69, 9.17) is 21.9 Å². The van der Waals surface area contributed by atoms with E-state index in [0.717, 1.165) is 0 Å². The summed E-state index contributed by atoms with van der Waals surface area (Å²) in [6.07, 6.45) is 1.61. The molecular formula is C9H21N5O. The first-order valence-electron chi connectivity index (χ1n) is 4.81. The van der Waals surface area contributed by atoms with Crippen LogP contribution in [0.1, 0.15) is 13.8 Å². The number of ether oxygens (including phenoxy) is 1. The number of nitrogens with one attached hydrogen (secondary N) is 2. The Bertz CT molecular complexity index is 290. The summed E-state index contributed by atoms with van der Waals surface area (Å²) in [6, 6.07) is 0. The Balaban J connectivity index is 3.20. The molecule has 1 aliphatic rings. The number of likely N-dealkylation sites (N-methyl/N-ethyl adjacent to an activating group) is 1. The quantitative estimate of drug-likeness (QED) is 0.353. The summed E-state index contributed by atoms with van der Waals surface area (Å²) in [5, 5.41) is 6.21. The second-order valence-corrected chi connectivity index (χ2v) is 4.27. The van der Waals surface area contributed by atoms with Crippen molar-refractivity contribution in [2.24, 2.45) is 17.2 Å². The molecule has 2 unspecified atom stereocenters. The van der Waals surface area contributed by atoms with E-state index in [1.165, 1.54) is 0 Å². The van der Waals surface area contributed by atoms with E-state index in [-0.39, 0.29) is 0 Å². The van der Waals surface area contributed by atoms with Gasteiger partial charge in [0.15, 0.2) is 5.72 Å². The molecule has 0 amide bonds. The van der Waals surface area contributed by atoms with Gasteiger partial charge in [-0.15, -0.1) is 0 Å². The minimum absolute atomic E-state index is 0.475. The molecule has 0 saturated heterocycles. The SMILES string of the molecule is CNC1(C)NC(C)(OC)C(N)=CC1(N)N. The van der Waals surface area contributed by atoms with E-state index < -0.39 is 17.1 Å². The van der Waals surface area contributed by atoms with Gasteiger partial charge in [-0.2, -0.15) is 0 Å². The lowest BCUT2D eigenvalue weighted by Crippen LogP contribution is -2.82. The Hall–Kier alpha value is -0.660. The Morgan fingerprint density at radius 3 is 2.33 bits per heavy atom. The molecule has 0 saturated carbocycles. The van der Waals surface area contributed by atoms with Crippen molar-refractivity contribution in [1.82, 2.24) is 10.6 Å². The summed E-state index contributed by atoms with van der Waals surface area (Å²) >= 11 is 0. The topological polar surface area (TPSA) is 111 Å². The van der Waals surface area contributed by atoms with Crippen LogP contribution in [0.4, 0.5) is 0 Å². The molecule has 88 valence electrons. The minimum atomic E-state index is -1.08. The fourth-order valence-corrected chi connectivity index (χ4v) is 1.64. The zero-order valence-electron chi connectivity index (χ0n) is 9.72. The van der Waals surface area contributed by atoms with Crippen LogP contribution in [0.25, 0.3) is 0 Å². The van der Waals surface area contributed by atoms with Crippen LogP contribution in [0.2, 0.25) is 0 Å². The normalized spacial score (nSPS) is 40.0. The van der Waals surface area contributed by atoms with E-state index in [2.05, 4.69) is 10.6 Å². The van der Waals surface area contributed by atoms with Crippen LogP contribution in [-0.4, -0.2) is 31.2 Å². The van der Waals surface area contributed by atoms with Crippen LogP contribution in [0.3, 0.4) is 0 Å². The van der Waals surface area contributed by atoms with Crippen molar-refractivity contribution in [3.8, 4) is 0 Å². The second-order valence-electron chi connectivity index (χ2n) is 4.27. The van der Waals surface area contributed by atoms with E-state index in [9.17, 15) is 0 Å². The predicted molar refractivity (Wildman–Crippen MR) is 59.4 cm³/mol. The van der Waals surface area contributed by atoms with Gasteiger partial charge < -0.3 is 21.9 Å². The van der Waals surface area contributed by atoms with E-state index in [1.54, 1.807) is 20.2 Å². The maximum absolute atomic E-state index is 5.97. The van der Waals surface area contributed by atoms with Gasteiger partial charge in [-0.1, -0.05) is 0 Å². The summed E-state index contributed by atoms with van der Waals surface area (Å²) in [7, 11) is 3.34. The number of hydrogen-bond donors (Lipinski definition) is 5. The van der Waals surface area contributed by atoms with Crippen molar-refractivity contribution in [2.75, 3.05) is 14.2 Å². The molecule has 0 fully saturated rings. The zero-order valence-corrected chi connectivity index (χ0v) is 9.72. The van der Waals surface area contributed by atoms with Gasteiger partial charge in [-0.05, 0) is 27.0 Å². The van der Waals surface area contributed by atoms with Crippen LogP contribution in [0.15, 0.2) is 11.8 Å². The highest BCUT2D eigenvalue weighted by Crippen LogP contribution is 2.28. The Kier molecular flexibility index (Phi) is 2.84. The predicted octanol–water partition coefficient (Wildman–Crippen LogP) is -1.66. The second kappa shape index (κ2) is 3.43. The molecule has 0 aromatic rings. The molecule has 0 aromatic carbocycles. The summed E-state index contributed by atoms with van der Waals surface area (Å²) in [6.45, 7) is 3.68. The summed E-state index contributed by atoms with van der Waals surface area (Å²) < 4.78 is 5.33. The number of methoxy groups -OCH3 is 1. The molecule has 0 radical (unpaired) electrons. The van der Waals surface area contributed by atoms with Crippen LogP contribution in [-0.2, 0) is 4.74 Å². The molecule has 1 heterocycles. The largest absolute Gasteiger partial charge is 0.399 e. The van der Waals surface area contributed by atoms with E-state index in [0.29, 0.717) is 5.70 Å². The first-order chi connectivity index (χ1) is 6.71. The molecule has 0 spiro atoms. The lowest BCUT2D eigenvalue weighted by atomic mass is 9.87. The summed E-state index contributed by atoms with van der Waals surface area (Å²) in [5.74, 6) is 0. The fraction of sp³-hybridized carbons (Fsp3) is 0.778. The summed E-state index contributed by atoms with van der Waals surface area (Å²) in [4.78, 5) is 0. The maximum atomic E-state index is 5.97. The standard InChI is InChI=1S/C9H21N5O/c1-7(15-4)6(10)5-9(11,12)8(2,13-3)14-7/h5,13-14H,10-12H2,1-4H3. The van der Waals surface area contributed by atoms with Gasteiger partial charge >= 0.3 is 0 Å². The first kappa shape index (κ1) is 12.4. The Labute approximate surface area is 90.2 Å². The molecule has 2 atom stereocenters. The third kappa shape index (κ3) is 1.75. The highest BCUT2D eigenvalue weighted by Gasteiger charge is 2.50. The van der Waals surface area contributed by atoms with Gasteiger partial charge in [-0.3, -0.25) is 10.6 Å². The van der Waals surface area contributed by atoms with Gasteiger partial charge in [0, 0.05) is 7.11 Å². The van der Waals surface area contributed by atoms with Gasteiger partial charge in [0.2, 0.25) is 0 Å². The maximum Gasteiger partial charge on any atom is 0.157 e. The van der Waals surface area contributed by atoms with Gasteiger partial charge in [0.25, 0.3) is 0 Å². The van der Waals surface area contributed by atoms with Crippen LogP contribution >= 0.6 is 0 Å². The van der Waals surface area contributed by atoms with Gasteiger partial charge in [0.1, 0.15) is 11.3 Å². The average molecular weight is 215 g/mol. The molecule has 8 N–H and O–H groups in total. The monoisotopic (exact) mass is 215 g/mol. The zero-order chi connectivity index (χ0) is 11.9. The Morgan fingerprint density at radius 2 is 1.93 bits per heavy atom. The molecule has 1 aliphatic heterocycles.